The molecule has 2 aromatic carbocycles. The normalized spacial score (nSPS) is 15.0. The third-order valence-corrected chi connectivity index (χ3v) is 3.88. The molecule has 3 heteroatoms. The van der Waals surface area contributed by atoms with Crippen molar-refractivity contribution in [2.24, 2.45) is 0 Å². The van der Waals surface area contributed by atoms with E-state index < -0.39 is 0 Å². The van der Waals surface area contributed by atoms with Gasteiger partial charge in [-0.15, -0.1) is 0 Å². The summed E-state index contributed by atoms with van der Waals surface area (Å²) in [5.41, 5.74) is 3.69. The maximum atomic E-state index is 5.93. The molecule has 2 aromatic rings. The van der Waals surface area contributed by atoms with E-state index in [2.05, 4.69) is 47.5 Å². The van der Waals surface area contributed by atoms with Crippen molar-refractivity contribution in [2.75, 3.05) is 31.1 Å². The molecule has 21 heavy (non-hydrogen) atoms. The van der Waals surface area contributed by atoms with E-state index in [1.54, 1.807) is 0 Å². The first-order valence-electron chi connectivity index (χ1n) is 7.56. The van der Waals surface area contributed by atoms with Gasteiger partial charge in [-0.05, 0) is 36.2 Å². The van der Waals surface area contributed by atoms with Gasteiger partial charge >= 0.3 is 0 Å². The number of rotatable bonds is 4. The molecule has 0 aromatic heterocycles. The Hall–Kier alpha value is -2.00. The molecular formula is C18H22N2O. The lowest BCUT2D eigenvalue weighted by Gasteiger charge is -2.30. The fourth-order valence-corrected chi connectivity index (χ4v) is 2.65. The number of benzene rings is 2. The van der Waals surface area contributed by atoms with Crippen molar-refractivity contribution in [2.45, 2.75) is 13.5 Å². The number of piperazine rings is 1. The molecule has 0 radical (unpaired) electrons. The predicted molar refractivity (Wildman–Crippen MR) is 87.0 cm³/mol. The summed E-state index contributed by atoms with van der Waals surface area (Å²) >= 11 is 0. The molecule has 1 N–H and O–H groups in total. The Bertz CT molecular complexity index is 577. The monoisotopic (exact) mass is 282 g/mol. The lowest BCUT2D eigenvalue weighted by Crippen LogP contribution is -2.43. The van der Waals surface area contributed by atoms with Gasteiger partial charge in [-0.25, -0.2) is 0 Å². The molecular weight excluding hydrogens is 260 g/mol. The van der Waals surface area contributed by atoms with Gasteiger partial charge in [-0.2, -0.15) is 0 Å². The first-order valence-corrected chi connectivity index (χ1v) is 7.56. The molecule has 0 spiro atoms. The highest BCUT2D eigenvalue weighted by molar-refractivity contribution is 5.53. The number of hydrogen-bond acceptors (Lipinski definition) is 3. The second-order valence-corrected chi connectivity index (χ2v) is 5.46. The highest BCUT2D eigenvalue weighted by Gasteiger charge is 2.11. The number of aryl methyl sites for hydroxylation is 1. The van der Waals surface area contributed by atoms with Crippen molar-refractivity contribution in [3.05, 3.63) is 59.7 Å². The molecule has 3 nitrogen and oxygen atoms in total. The van der Waals surface area contributed by atoms with Gasteiger partial charge in [-0.1, -0.05) is 30.3 Å². The van der Waals surface area contributed by atoms with E-state index in [1.807, 2.05) is 18.2 Å². The Morgan fingerprint density at radius 3 is 2.52 bits per heavy atom. The zero-order chi connectivity index (χ0) is 14.5. The highest BCUT2D eigenvalue weighted by atomic mass is 16.5. The summed E-state index contributed by atoms with van der Waals surface area (Å²) in [5.74, 6) is 0.970. The second-order valence-electron chi connectivity index (χ2n) is 5.46. The molecule has 0 bridgehead atoms. The molecule has 0 atom stereocenters. The number of nitrogens with zero attached hydrogens (tertiary/aromatic N) is 1. The van der Waals surface area contributed by atoms with Crippen LogP contribution in [-0.4, -0.2) is 26.2 Å². The molecule has 3 rings (SSSR count). The number of anilines is 1. The van der Waals surface area contributed by atoms with Gasteiger partial charge in [0.15, 0.2) is 0 Å². The number of ether oxygens (including phenoxy) is 1. The Balaban J connectivity index is 1.66. The van der Waals surface area contributed by atoms with E-state index in [-0.39, 0.29) is 0 Å². The van der Waals surface area contributed by atoms with E-state index in [0.29, 0.717) is 6.61 Å². The quantitative estimate of drug-likeness (QED) is 0.933. The van der Waals surface area contributed by atoms with Crippen LogP contribution in [0.4, 0.5) is 5.69 Å². The van der Waals surface area contributed by atoms with Gasteiger partial charge in [-0.3, -0.25) is 0 Å². The van der Waals surface area contributed by atoms with Crippen LogP contribution in [0, 0.1) is 6.92 Å². The maximum absolute atomic E-state index is 5.93. The Morgan fingerprint density at radius 2 is 1.81 bits per heavy atom. The first kappa shape index (κ1) is 14.0. The van der Waals surface area contributed by atoms with Crippen LogP contribution in [0.1, 0.15) is 11.1 Å². The van der Waals surface area contributed by atoms with Crippen LogP contribution in [0.25, 0.3) is 0 Å². The molecule has 0 saturated carbocycles. The Kier molecular flexibility index (Phi) is 4.41. The maximum Gasteiger partial charge on any atom is 0.122 e. The zero-order valence-corrected chi connectivity index (χ0v) is 12.5. The van der Waals surface area contributed by atoms with Crippen LogP contribution in [-0.2, 0) is 6.61 Å². The second kappa shape index (κ2) is 6.64. The van der Waals surface area contributed by atoms with Crippen molar-refractivity contribution in [3.63, 3.8) is 0 Å². The molecule has 0 unspecified atom stereocenters. The molecule has 1 aliphatic rings. The summed E-state index contributed by atoms with van der Waals surface area (Å²) in [7, 11) is 0. The van der Waals surface area contributed by atoms with E-state index in [9.17, 15) is 0 Å². The van der Waals surface area contributed by atoms with Crippen LogP contribution in [0.2, 0.25) is 0 Å². The lowest BCUT2D eigenvalue weighted by molar-refractivity contribution is 0.304. The minimum Gasteiger partial charge on any atom is -0.489 e. The average Bonchev–Trinajstić information content (AvgIpc) is 2.55. The predicted octanol–water partition coefficient (Wildman–Crippen LogP) is 2.98. The van der Waals surface area contributed by atoms with Crippen molar-refractivity contribution in [1.29, 1.82) is 0 Å². The summed E-state index contributed by atoms with van der Waals surface area (Å²) in [4.78, 5) is 2.42. The standard InChI is InChI=1S/C18H22N2O/c1-15-13-17(20-11-9-19-10-12-20)7-8-18(15)21-14-16-5-3-2-4-6-16/h2-8,13,19H,9-12,14H2,1H3. The van der Waals surface area contributed by atoms with Crippen molar-refractivity contribution < 1.29 is 4.74 Å². The van der Waals surface area contributed by atoms with Gasteiger partial charge in [0.05, 0.1) is 0 Å². The van der Waals surface area contributed by atoms with E-state index in [4.69, 9.17) is 4.74 Å². The summed E-state index contributed by atoms with van der Waals surface area (Å²) in [6, 6.07) is 16.8. The molecule has 1 heterocycles. The van der Waals surface area contributed by atoms with Gasteiger partial charge < -0.3 is 15.0 Å². The third kappa shape index (κ3) is 3.56. The van der Waals surface area contributed by atoms with Gasteiger partial charge in [0.2, 0.25) is 0 Å². The van der Waals surface area contributed by atoms with Crippen LogP contribution in [0.15, 0.2) is 48.5 Å². The Morgan fingerprint density at radius 1 is 1.05 bits per heavy atom. The molecule has 0 aliphatic carbocycles. The SMILES string of the molecule is Cc1cc(N2CCNCC2)ccc1OCc1ccccc1. The lowest BCUT2D eigenvalue weighted by atomic mass is 10.1. The topological polar surface area (TPSA) is 24.5 Å². The van der Waals surface area contributed by atoms with Gasteiger partial charge in [0.25, 0.3) is 0 Å². The van der Waals surface area contributed by atoms with Crippen molar-refractivity contribution in [1.82, 2.24) is 5.32 Å². The van der Waals surface area contributed by atoms with Crippen molar-refractivity contribution in [3.8, 4) is 5.75 Å². The Labute approximate surface area is 126 Å². The summed E-state index contributed by atoms with van der Waals surface area (Å²) in [6.07, 6.45) is 0. The van der Waals surface area contributed by atoms with Crippen molar-refractivity contribution >= 4 is 5.69 Å². The number of hydrogen-bond donors (Lipinski definition) is 1. The van der Waals surface area contributed by atoms with E-state index in [1.165, 1.54) is 16.8 Å². The largest absolute Gasteiger partial charge is 0.489 e. The van der Waals surface area contributed by atoms with E-state index >= 15 is 0 Å². The van der Waals surface area contributed by atoms with Crippen LogP contribution >= 0.6 is 0 Å². The van der Waals surface area contributed by atoms with Gasteiger partial charge in [0.1, 0.15) is 12.4 Å². The highest BCUT2D eigenvalue weighted by Crippen LogP contribution is 2.25. The van der Waals surface area contributed by atoms with Crippen LogP contribution in [0.3, 0.4) is 0 Å². The molecule has 1 aliphatic heterocycles. The molecule has 110 valence electrons. The average molecular weight is 282 g/mol. The fraction of sp³-hybridized carbons (Fsp3) is 0.333. The molecule has 1 saturated heterocycles. The zero-order valence-electron chi connectivity index (χ0n) is 12.5. The third-order valence-electron chi connectivity index (χ3n) is 3.88. The number of nitrogens with one attached hydrogen (secondary N) is 1. The van der Waals surface area contributed by atoms with E-state index in [0.717, 1.165) is 31.9 Å². The summed E-state index contributed by atoms with van der Waals surface area (Å²) in [5, 5.41) is 3.38. The molecule has 1 fully saturated rings. The summed E-state index contributed by atoms with van der Waals surface area (Å²) in [6.45, 7) is 7.00. The minimum absolute atomic E-state index is 0.620. The summed E-state index contributed by atoms with van der Waals surface area (Å²) < 4.78 is 5.93. The molecule has 0 amide bonds. The van der Waals surface area contributed by atoms with Gasteiger partial charge in [0, 0.05) is 31.9 Å². The first-order chi connectivity index (χ1) is 10.3. The minimum atomic E-state index is 0.620. The van der Waals surface area contributed by atoms with Crippen LogP contribution < -0.4 is 15.0 Å². The van der Waals surface area contributed by atoms with Crippen LogP contribution in [0.5, 0.6) is 5.75 Å². The fourth-order valence-electron chi connectivity index (χ4n) is 2.65. The smallest absolute Gasteiger partial charge is 0.122 e.